The Morgan fingerprint density at radius 2 is 2.07 bits per heavy atom. The van der Waals surface area contributed by atoms with Crippen molar-refractivity contribution in [3.8, 4) is 0 Å². The van der Waals surface area contributed by atoms with Gasteiger partial charge in [0.25, 0.3) is 0 Å². The Hall–Kier alpha value is -0.340. The normalized spacial score (nSPS) is 42.3. The fraction of sp³-hybridized carbons (Fsp3) is 0.846. The molecule has 2 saturated heterocycles. The van der Waals surface area contributed by atoms with Crippen molar-refractivity contribution in [3.63, 3.8) is 0 Å². The maximum atomic E-state index is 2.83. The third kappa shape index (κ3) is 1.64. The van der Waals surface area contributed by atoms with E-state index in [1.54, 1.807) is 5.57 Å². The second kappa shape index (κ2) is 3.60. The molecule has 3 unspecified atom stereocenters. The lowest BCUT2D eigenvalue weighted by Gasteiger charge is -2.37. The third-order valence-corrected chi connectivity index (χ3v) is 4.42. The second-order valence-electron chi connectivity index (χ2n) is 5.67. The van der Waals surface area contributed by atoms with Gasteiger partial charge in [0.15, 0.2) is 0 Å². The number of likely N-dealkylation sites (N-methyl/N-ethyl adjacent to an activating group) is 1. The monoisotopic (exact) mass is 206 g/mol. The van der Waals surface area contributed by atoms with Gasteiger partial charge in [0.1, 0.15) is 0 Å². The van der Waals surface area contributed by atoms with E-state index in [1.807, 2.05) is 0 Å². The van der Waals surface area contributed by atoms with Gasteiger partial charge in [0.2, 0.25) is 0 Å². The van der Waals surface area contributed by atoms with Crippen molar-refractivity contribution < 1.29 is 0 Å². The van der Waals surface area contributed by atoms with Crippen LogP contribution in [-0.2, 0) is 0 Å². The van der Waals surface area contributed by atoms with Crippen LogP contribution in [-0.4, -0.2) is 48.1 Å². The molecule has 0 aromatic carbocycles. The molecule has 84 valence electrons. The highest BCUT2D eigenvalue weighted by Gasteiger charge is 2.41. The first-order valence-corrected chi connectivity index (χ1v) is 6.37. The van der Waals surface area contributed by atoms with E-state index >= 15 is 0 Å². The first-order chi connectivity index (χ1) is 7.24. The van der Waals surface area contributed by atoms with Crippen molar-refractivity contribution in [2.45, 2.75) is 50.7 Å². The van der Waals surface area contributed by atoms with Gasteiger partial charge in [-0.15, -0.1) is 0 Å². The Labute approximate surface area is 92.9 Å². The van der Waals surface area contributed by atoms with Gasteiger partial charge in [-0.05, 0) is 46.2 Å². The number of fused-ring (bicyclic) bond motifs is 2. The Morgan fingerprint density at radius 1 is 1.20 bits per heavy atom. The van der Waals surface area contributed by atoms with E-state index in [9.17, 15) is 0 Å². The van der Waals surface area contributed by atoms with Gasteiger partial charge >= 0.3 is 0 Å². The predicted octanol–water partition coefficient (Wildman–Crippen LogP) is 1.87. The topological polar surface area (TPSA) is 6.48 Å². The standard InChI is InChI=1S/C13H22N2/c1-10-7-11-3-4-12(8-10)15(11)13-5-6-14(2)9-13/h7,11-13H,3-6,8-9H2,1-2H3. The molecule has 3 atom stereocenters. The van der Waals surface area contributed by atoms with Gasteiger partial charge in [-0.25, -0.2) is 0 Å². The quantitative estimate of drug-likeness (QED) is 0.604. The lowest BCUT2D eigenvalue weighted by Crippen LogP contribution is -2.46. The van der Waals surface area contributed by atoms with Crippen LogP contribution in [0.1, 0.15) is 32.6 Å². The lowest BCUT2D eigenvalue weighted by atomic mass is 10.00. The largest absolute Gasteiger partial charge is 0.305 e. The van der Waals surface area contributed by atoms with E-state index in [0.29, 0.717) is 0 Å². The van der Waals surface area contributed by atoms with Crippen LogP contribution >= 0.6 is 0 Å². The molecule has 15 heavy (non-hydrogen) atoms. The zero-order valence-corrected chi connectivity index (χ0v) is 9.95. The summed E-state index contributed by atoms with van der Waals surface area (Å²) in [4.78, 5) is 5.31. The Kier molecular flexibility index (Phi) is 2.37. The van der Waals surface area contributed by atoms with Crippen LogP contribution in [0.3, 0.4) is 0 Å². The molecule has 3 aliphatic rings. The molecular formula is C13H22N2. The summed E-state index contributed by atoms with van der Waals surface area (Å²) in [5.41, 5.74) is 1.63. The first-order valence-electron chi connectivity index (χ1n) is 6.37. The SMILES string of the molecule is CC1=CC2CCC(C1)N2C1CCN(C)C1. The number of nitrogens with zero attached hydrogens (tertiary/aromatic N) is 2. The van der Waals surface area contributed by atoms with Crippen molar-refractivity contribution in [2.75, 3.05) is 20.1 Å². The van der Waals surface area contributed by atoms with Crippen LogP contribution < -0.4 is 0 Å². The summed E-state index contributed by atoms with van der Waals surface area (Å²) >= 11 is 0. The molecule has 2 fully saturated rings. The maximum absolute atomic E-state index is 2.83. The van der Waals surface area contributed by atoms with Crippen LogP contribution in [0.5, 0.6) is 0 Å². The zero-order chi connectivity index (χ0) is 10.4. The van der Waals surface area contributed by atoms with Crippen molar-refractivity contribution in [1.29, 1.82) is 0 Å². The summed E-state index contributed by atoms with van der Waals surface area (Å²) in [6.45, 7) is 4.90. The lowest BCUT2D eigenvalue weighted by molar-refractivity contribution is 0.141. The highest BCUT2D eigenvalue weighted by atomic mass is 15.3. The van der Waals surface area contributed by atoms with Crippen molar-refractivity contribution in [1.82, 2.24) is 9.80 Å². The van der Waals surface area contributed by atoms with Crippen LogP contribution in [0.2, 0.25) is 0 Å². The van der Waals surface area contributed by atoms with Gasteiger partial charge in [-0.1, -0.05) is 11.6 Å². The molecule has 0 saturated carbocycles. The zero-order valence-electron chi connectivity index (χ0n) is 9.95. The molecule has 3 aliphatic heterocycles. The van der Waals surface area contributed by atoms with Crippen LogP contribution in [0, 0.1) is 0 Å². The van der Waals surface area contributed by atoms with Gasteiger partial charge in [-0.3, -0.25) is 4.90 Å². The predicted molar refractivity (Wildman–Crippen MR) is 62.9 cm³/mol. The molecule has 0 aromatic rings. The average molecular weight is 206 g/mol. The summed E-state index contributed by atoms with van der Waals surface area (Å²) in [7, 11) is 2.26. The summed E-state index contributed by atoms with van der Waals surface area (Å²) in [6, 6.07) is 2.49. The van der Waals surface area contributed by atoms with Crippen molar-refractivity contribution in [3.05, 3.63) is 11.6 Å². The summed E-state index contributed by atoms with van der Waals surface area (Å²) in [6.07, 6.45) is 8.08. The van der Waals surface area contributed by atoms with Gasteiger partial charge in [-0.2, -0.15) is 0 Å². The smallest absolute Gasteiger partial charge is 0.0287 e. The molecule has 0 N–H and O–H groups in total. The molecule has 0 aliphatic carbocycles. The fourth-order valence-electron chi connectivity index (χ4n) is 3.80. The van der Waals surface area contributed by atoms with Gasteiger partial charge in [0.05, 0.1) is 0 Å². The molecule has 3 heterocycles. The first kappa shape index (κ1) is 9.86. The van der Waals surface area contributed by atoms with Crippen LogP contribution in [0.15, 0.2) is 11.6 Å². The highest BCUT2D eigenvalue weighted by molar-refractivity contribution is 5.17. The molecule has 3 rings (SSSR count). The van der Waals surface area contributed by atoms with Crippen LogP contribution in [0.25, 0.3) is 0 Å². The Morgan fingerprint density at radius 3 is 2.73 bits per heavy atom. The van der Waals surface area contributed by atoms with Crippen molar-refractivity contribution in [2.24, 2.45) is 0 Å². The fourth-order valence-corrected chi connectivity index (χ4v) is 3.80. The van der Waals surface area contributed by atoms with E-state index in [2.05, 4.69) is 29.8 Å². The Balaban J connectivity index is 1.77. The number of hydrogen-bond donors (Lipinski definition) is 0. The average Bonchev–Trinajstić information content (AvgIpc) is 2.69. The Bertz CT molecular complexity index is 284. The molecule has 0 spiro atoms. The highest BCUT2D eigenvalue weighted by Crippen LogP contribution is 2.37. The number of hydrogen-bond acceptors (Lipinski definition) is 2. The molecule has 2 nitrogen and oxygen atoms in total. The molecular weight excluding hydrogens is 184 g/mol. The van der Waals surface area contributed by atoms with Gasteiger partial charge in [0, 0.05) is 24.7 Å². The van der Waals surface area contributed by atoms with E-state index in [-0.39, 0.29) is 0 Å². The molecule has 2 heteroatoms. The van der Waals surface area contributed by atoms with E-state index in [4.69, 9.17) is 0 Å². The number of likely N-dealkylation sites (tertiary alicyclic amines) is 1. The minimum absolute atomic E-state index is 0.778. The van der Waals surface area contributed by atoms with Gasteiger partial charge < -0.3 is 4.90 Å². The summed E-state index contributed by atoms with van der Waals surface area (Å²) in [5.74, 6) is 0. The maximum Gasteiger partial charge on any atom is 0.0287 e. The summed E-state index contributed by atoms with van der Waals surface area (Å²) < 4.78 is 0. The third-order valence-electron chi connectivity index (χ3n) is 4.42. The van der Waals surface area contributed by atoms with E-state index < -0.39 is 0 Å². The molecule has 0 amide bonds. The molecule has 0 radical (unpaired) electrons. The minimum Gasteiger partial charge on any atom is -0.305 e. The number of rotatable bonds is 1. The van der Waals surface area contributed by atoms with Crippen molar-refractivity contribution >= 4 is 0 Å². The van der Waals surface area contributed by atoms with E-state index in [1.165, 1.54) is 38.8 Å². The molecule has 2 bridgehead atoms. The second-order valence-corrected chi connectivity index (χ2v) is 5.67. The molecule has 0 aromatic heterocycles. The van der Waals surface area contributed by atoms with E-state index in [0.717, 1.165) is 18.1 Å². The minimum atomic E-state index is 0.778. The summed E-state index contributed by atoms with van der Waals surface area (Å²) in [5, 5.41) is 0. The van der Waals surface area contributed by atoms with Crippen LogP contribution in [0.4, 0.5) is 0 Å².